The van der Waals surface area contributed by atoms with Crippen molar-refractivity contribution in [3.63, 3.8) is 0 Å². The van der Waals surface area contributed by atoms with Crippen molar-refractivity contribution < 1.29 is 13.9 Å². The van der Waals surface area contributed by atoms with Crippen LogP contribution in [-0.4, -0.2) is 25.2 Å². The van der Waals surface area contributed by atoms with Gasteiger partial charge in [-0.3, -0.25) is 4.79 Å². The van der Waals surface area contributed by atoms with Crippen LogP contribution in [0, 0.1) is 11.7 Å². The summed E-state index contributed by atoms with van der Waals surface area (Å²) in [6.07, 6.45) is 2.68. The van der Waals surface area contributed by atoms with Crippen molar-refractivity contribution in [2.75, 3.05) is 13.2 Å². The van der Waals surface area contributed by atoms with E-state index in [2.05, 4.69) is 12.2 Å². The lowest BCUT2D eigenvalue weighted by atomic mass is 9.95. The molecule has 0 spiro atoms. The van der Waals surface area contributed by atoms with Crippen LogP contribution >= 0.6 is 0 Å². The summed E-state index contributed by atoms with van der Waals surface area (Å²) in [6.45, 7) is 5.51. The van der Waals surface area contributed by atoms with E-state index in [1.807, 2.05) is 13.0 Å². The van der Waals surface area contributed by atoms with Crippen LogP contribution in [-0.2, 0) is 9.53 Å². The van der Waals surface area contributed by atoms with E-state index < -0.39 is 0 Å². The predicted molar refractivity (Wildman–Crippen MR) is 80.6 cm³/mol. The highest BCUT2D eigenvalue weighted by Gasteiger charge is 2.20. The lowest BCUT2D eigenvalue weighted by Crippen LogP contribution is -2.34. The molecule has 0 radical (unpaired) electrons. The van der Waals surface area contributed by atoms with Crippen LogP contribution < -0.4 is 5.32 Å². The van der Waals surface area contributed by atoms with E-state index >= 15 is 0 Å². The Labute approximate surface area is 125 Å². The zero-order chi connectivity index (χ0) is 15.2. The van der Waals surface area contributed by atoms with E-state index in [1.54, 1.807) is 6.07 Å². The molecule has 4 heteroatoms. The van der Waals surface area contributed by atoms with Crippen LogP contribution in [0.1, 0.15) is 44.6 Å². The van der Waals surface area contributed by atoms with Crippen molar-refractivity contribution in [2.45, 2.75) is 45.1 Å². The van der Waals surface area contributed by atoms with E-state index in [9.17, 15) is 9.18 Å². The third-order valence-electron chi connectivity index (χ3n) is 4.09. The summed E-state index contributed by atoms with van der Waals surface area (Å²) in [6, 6.07) is 6.46. The Morgan fingerprint density at radius 3 is 3.05 bits per heavy atom. The molecule has 0 saturated carbocycles. The molecule has 1 aliphatic heterocycles. The maximum Gasteiger partial charge on any atom is 0.220 e. The molecule has 1 heterocycles. The Morgan fingerprint density at radius 1 is 1.52 bits per heavy atom. The first kappa shape index (κ1) is 16.0. The first-order chi connectivity index (χ1) is 10.0. The van der Waals surface area contributed by atoms with Crippen LogP contribution in [0.5, 0.6) is 0 Å². The fourth-order valence-corrected chi connectivity index (χ4v) is 2.82. The highest BCUT2D eigenvalue weighted by Crippen LogP contribution is 2.21. The number of ether oxygens (including phenoxy) is 1. The first-order valence-electron chi connectivity index (χ1n) is 7.68. The Morgan fingerprint density at radius 2 is 2.33 bits per heavy atom. The van der Waals surface area contributed by atoms with Gasteiger partial charge >= 0.3 is 0 Å². The van der Waals surface area contributed by atoms with Gasteiger partial charge in [0.1, 0.15) is 5.82 Å². The summed E-state index contributed by atoms with van der Waals surface area (Å²) in [5, 5.41) is 3.00. The second-order valence-corrected chi connectivity index (χ2v) is 6.04. The molecule has 0 aliphatic carbocycles. The second-order valence-electron chi connectivity index (χ2n) is 6.04. The number of amides is 1. The summed E-state index contributed by atoms with van der Waals surface area (Å²) in [7, 11) is 0. The molecule has 0 bridgehead atoms. The number of carbonyl (C=O) groups excluding carboxylic acids is 1. The molecule has 21 heavy (non-hydrogen) atoms. The third kappa shape index (κ3) is 5.12. The lowest BCUT2D eigenvalue weighted by molar-refractivity contribution is -0.121. The molecule has 1 aromatic rings. The van der Waals surface area contributed by atoms with Gasteiger partial charge in [0, 0.05) is 19.6 Å². The Bertz CT molecular complexity index is 478. The number of carbonyl (C=O) groups is 1. The molecule has 1 fully saturated rings. The van der Waals surface area contributed by atoms with Gasteiger partial charge < -0.3 is 10.1 Å². The molecule has 3 nitrogen and oxygen atoms in total. The van der Waals surface area contributed by atoms with Crippen LogP contribution in [0.15, 0.2) is 24.3 Å². The van der Waals surface area contributed by atoms with E-state index in [1.165, 1.54) is 12.1 Å². The zero-order valence-electron chi connectivity index (χ0n) is 12.8. The largest absolute Gasteiger partial charge is 0.378 e. The predicted octanol–water partition coefficient (Wildman–Crippen LogP) is 3.25. The van der Waals surface area contributed by atoms with E-state index in [0.717, 1.165) is 25.0 Å². The topological polar surface area (TPSA) is 38.3 Å². The molecular formula is C17H24FNO2. The number of benzene rings is 1. The van der Waals surface area contributed by atoms with Crippen molar-refractivity contribution in [2.24, 2.45) is 5.92 Å². The van der Waals surface area contributed by atoms with E-state index in [-0.39, 0.29) is 23.7 Å². The number of rotatable bonds is 5. The number of nitrogens with one attached hydrogen (secondary N) is 1. The van der Waals surface area contributed by atoms with Crippen molar-refractivity contribution in [3.8, 4) is 0 Å². The molecule has 116 valence electrons. The Hall–Kier alpha value is -1.42. The molecule has 1 aliphatic rings. The smallest absolute Gasteiger partial charge is 0.220 e. The summed E-state index contributed by atoms with van der Waals surface area (Å²) in [4.78, 5) is 12.0. The van der Waals surface area contributed by atoms with Gasteiger partial charge in [0.2, 0.25) is 5.91 Å². The average molecular weight is 293 g/mol. The van der Waals surface area contributed by atoms with Gasteiger partial charge in [0.25, 0.3) is 0 Å². The lowest BCUT2D eigenvalue weighted by Gasteiger charge is -2.27. The summed E-state index contributed by atoms with van der Waals surface area (Å²) in [5.74, 6) is 0.304. The Kier molecular flexibility index (Phi) is 5.74. The summed E-state index contributed by atoms with van der Waals surface area (Å²) in [5.41, 5.74) is 0.866. The first-order valence-corrected chi connectivity index (χ1v) is 7.68. The number of halogens is 1. The van der Waals surface area contributed by atoms with Crippen molar-refractivity contribution in [1.82, 2.24) is 5.32 Å². The maximum absolute atomic E-state index is 13.2. The fraction of sp³-hybridized carbons (Fsp3) is 0.588. The van der Waals surface area contributed by atoms with Gasteiger partial charge in [0.05, 0.1) is 6.10 Å². The van der Waals surface area contributed by atoms with Gasteiger partial charge in [-0.15, -0.1) is 0 Å². The quantitative estimate of drug-likeness (QED) is 0.905. The standard InChI is InChI=1S/C17H24FNO2/c1-12(15-4-3-5-16(18)10-15)8-17(20)19-11-14-6-7-21-13(2)9-14/h3-5,10,12-14H,6-9,11H2,1-2H3,(H,19,20)/t12-,13+,14+/m0/s1. The minimum absolute atomic E-state index is 0.0225. The van der Waals surface area contributed by atoms with Gasteiger partial charge in [-0.1, -0.05) is 19.1 Å². The molecule has 0 aromatic heterocycles. The van der Waals surface area contributed by atoms with Crippen molar-refractivity contribution in [1.29, 1.82) is 0 Å². The monoisotopic (exact) mass is 293 g/mol. The minimum atomic E-state index is -0.254. The van der Waals surface area contributed by atoms with Crippen LogP contribution in [0.2, 0.25) is 0 Å². The average Bonchev–Trinajstić information content (AvgIpc) is 2.45. The minimum Gasteiger partial charge on any atom is -0.378 e. The molecule has 1 saturated heterocycles. The second kappa shape index (κ2) is 7.55. The molecule has 0 unspecified atom stereocenters. The summed E-state index contributed by atoms with van der Waals surface area (Å²) >= 11 is 0. The maximum atomic E-state index is 13.2. The SMILES string of the molecule is C[C@@H]1C[C@H](CNC(=O)C[C@H](C)c2cccc(F)c2)CCO1. The normalized spacial score (nSPS) is 23.6. The number of hydrogen-bond donors (Lipinski definition) is 1. The fourth-order valence-electron chi connectivity index (χ4n) is 2.82. The third-order valence-corrected chi connectivity index (χ3v) is 4.09. The molecule has 1 aromatic carbocycles. The molecular weight excluding hydrogens is 269 g/mol. The zero-order valence-corrected chi connectivity index (χ0v) is 12.8. The van der Waals surface area contributed by atoms with Gasteiger partial charge in [0.15, 0.2) is 0 Å². The van der Waals surface area contributed by atoms with Gasteiger partial charge in [-0.05, 0) is 49.3 Å². The molecule has 1 amide bonds. The van der Waals surface area contributed by atoms with Crippen LogP contribution in [0.3, 0.4) is 0 Å². The van der Waals surface area contributed by atoms with E-state index in [0.29, 0.717) is 18.9 Å². The molecule has 1 N–H and O–H groups in total. The van der Waals surface area contributed by atoms with Crippen LogP contribution in [0.4, 0.5) is 4.39 Å². The Balaban J connectivity index is 1.76. The number of hydrogen-bond acceptors (Lipinski definition) is 2. The van der Waals surface area contributed by atoms with Crippen molar-refractivity contribution in [3.05, 3.63) is 35.6 Å². The molecule has 3 atom stereocenters. The van der Waals surface area contributed by atoms with E-state index in [4.69, 9.17) is 4.74 Å². The van der Waals surface area contributed by atoms with Crippen molar-refractivity contribution >= 4 is 5.91 Å². The van der Waals surface area contributed by atoms with Crippen LogP contribution in [0.25, 0.3) is 0 Å². The highest BCUT2D eigenvalue weighted by atomic mass is 19.1. The van der Waals surface area contributed by atoms with Gasteiger partial charge in [-0.2, -0.15) is 0 Å². The summed E-state index contributed by atoms with van der Waals surface area (Å²) < 4.78 is 18.7. The van der Waals surface area contributed by atoms with Gasteiger partial charge in [-0.25, -0.2) is 4.39 Å². The molecule has 2 rings (SSSR count). The highest BCUT2D eigenvalue weighted by molar-refractivity contribution is 5.76.